The lowest BCUT2D eigenvalue weighted by Crippen LogP contribution is -2.31. The molecule has 2 fully saturated rings. The minimum absolute atomic E-state index is 0.170. The highest BCUT2D eigenvalue weighted by Crippen LogP contribution is 2.42. The smallest absolute Gasteiger partial charge is 0.274 e. The van der Waals surface area contributed by atoms with E-state index >= 15 is 0 Å². The van der Waals surface area contributed by atoms with E-state index in [0.717, 1.165) is 25.7 Å². The molecule has 3 amide bonds. The number of rotatable bonds is 3. The second-order valence-corrected chi connectivity index (χ2v) is 7.25. The van der Waals surface area contributed by atoms with Crippen molar-refractivity contribution in [2.75, 3.05) is 10.2 Å². The van der Waals surface area contributed by atoms with Gasteiger partial charge < -0.3 is 5.32 Å². The van der Waals surface area contributed by atoms with Gasteiger partial charge in [0.1, 0.15) is 5.69 Å². The number of hydrogen-bond acceptors (Lipinski definition) is 4. The average Bonchev–Trinajstić information content (AvgIpc) is 2.94. The van der Waals surface area contributed by atoms with Crippen LogP contribution < -0.4 is 10.2 Å². The molecule has 0 bridgehead atoms. The van der Waals surface area contributed by atoms with Crippen LogP contribution in [0, 0.1) is 11.8 Å². The normalized spacial score (nSPS) is 21.9. The lowest BCUT2D eigenvalue weighted by atomic mass is 9.81. The zero-order valence-electron chi connectivity index (χ0n) is 14.5. The molecule has 2 heterocycles. The van der Waals surface area contributed by atoms with Gasteiger partial charge in [-0.05, 0) is 43.2 Å². The number of fused-ring (bicyclic) bond motifs is 1. The zero-order valence-corrected chi connectivity index (χ0v) is 15.3. The standard InChI is InChI=1S/C20H18ClN3O3/c21-15-11-12(23-18(25)16-7-3-4-10-22-16)8-9-17(15)24-19(26)13-5-1-2-6-14(13)20(24)27/h3-4,7-11,13-14H,1-2,5-6H2,(H,23,25)/t13-,14?/m0/s1. The van der Waals surface area contributed by atoms with Crippen LogP contribution in [0.3, 0.4) is 0 Å². The van der Waals surface area contributed by atoms with E-state index in [2.05, 4.69) is 10.3 Å². The molecule has 2 aliphatic rings. The zero-order chi connectivity index (χ0) is 19.0. The second kappa shape index (κ2) is 7.12. The monoisotopic (exact) mass is 383 g/mol. The van der Waals surface area contributed by atoms with Crippen LogP contribution in [0.25, 0.3) is 0 Å². The molecule has 6 nitrogen and oxygen atoms in total. The number of halogens is 1. The van der Waals surface area contributed by atoms with Crippen LogP contribution >= 0.6 is 11.6 Å². The molecule has 1 aliphatic heterocycles. The third-order valence-electron chi connectivity index (χ3n) is 5.19. The Morgan fingerprint density at radius 1 is 1.07 bits per heavy atom. The molecule has 1 N–H and O–H groups in total. The van der Waals surface area contributed by atoms with Gasteiger partial charge in [0.25, 0.3) is 5.91 Å². The van der Waals surface area contributed by atoms with E-state index < -0.39 is 0 Å². The predicted molar refractivity (Wildman–Crippen MR) is 102 cm³/mol. The molecule has 0 radical (unpaired) electrons. The Hall–Kier alpha value is -2.73. The van der Waals surface area contributed by atoms with E-state index in [1.54, 1.807) is 36.4 Å². The van der Waals surface area contributed by atoms with Crippen LogP contribution in [0.1, 0.15) is 36.2 Å². The molecular formula is C20H18ClN3O3. The number of hydrogen-bond donors (Lipinski definition) is 1. The number of carbonyl (C=O) groups excluding carboxylic acids is 3. The van der Waals surface area contributed by atoms with Crippen LogP contribution in [-0.2, 0) is 9.59 Å². The first-order valence-electron chi connectivity index (χ1n) is 8.96. The third kappa shape index (κ3) is 3.21. The number of pyridine rings is 1. The van der Waals surface area contributed by atoms with E-state index in [9.17, 15) is 14.4 Å². The Balaban J connectivity index is 1.56. The van der Waals surface area contributed by atoms with Crippen LogP contribution in [0.5, 0.6) is 0 Å². The fourth-order valence-electron chi connectivity index (χ4n) is 3.86. The maximum absolute atomic E-state index is 12.7. The van der Waals surface area contributed by atoms with E-state index in [-0.39, 0.29) is 40.3 Å². The molecule has 1 aliphatic carbocycles. The maximum atomic E-state index is 12.7. The Morgan fingerprint density at radius 2 is 1.78 bits per heavy atom. The third-order valence-corrected chi connectivity index (χ3v) is 5.49. The van der Waals surface area contributed by atoms with Gasteiger partial charge in [-0.25, -0.2) is 4.90 Å². The average molecular weight is 384 g/mol. The minimum atomic E-state index is -0.362. The van der Waals surface area contributed by atoms with Crippen LogP contribution in [0.15, 0.2) is 42.6 Å². The lowest BCUT2D eigenvalue weighted by Gasteiger charge is -2.19. The van der Waals surface area contributed by atoms with Crippen molar-refractivity contribution < 1.29 is 14.4 Å². The molecule has 1 aromatic carbocycles. The summed E-state index contributed by atoms with van der Waals surface area (Å²) in [6.07, 6.45) is 4.98. The summed E-state index contributed by atoms with van der Waals surface area (Å²) in [5.41, 5.74) is 1.12. The minimum Gasteiger partial charge on any atom is -0.321 e. The summed E-state index contributed by atoms with van der Waals surface area (Å²) in [4.78, 5) is 42.9. The molecule has 1 unspecified atom stereocenters. The number of aromatic nitrogens is 1. The van der Waals surface area contributed by atoms with Gasteiger partial charge in [-0.15, -0.1) is 0 Å². The summed E-state index contributed by atoms with van der Waals surface area (Å²) >= 11 is 6.35. The first kappa shape index (κ1) is 17.7. The summed E-state index contributed by atoms with van der Waals surface area (Å²) in [6, 6.07) is 9.83. The Labute approximate surface area is 161 Å². The van der Waals surface area contributed by atoms with Crippen LogP contribution in [0.2, 0.25) is 5.02 Å². The fraction of sp³-hybridized carbons (Fsp3) is 0.300. The molecule has 4 rings (SSSR count). The number of nitrogens with one attached hydrogen (secondary N) is 1. The molecule has 138 valence electrons. The molecule has 0 spiro atoms. The van der Waals surface area contributed by atoms with Gasteiger partial charge in [-0.1, -0.05) is 30.5 Å². The van der Waals surface area contributed by atoms with Gasteiger partial charge in [0.15, 0.2) is 0 Å². The predicted octanol–water partition coefficient (Wildman–Crippen LogP) is 3.67. The number of benzene rings is 1. The summed E-state index contributed by atoms with van der Waals surface area (Å²) < 4.78 is 0. The summed E-state index contributed by atoms with van der Waals surface area (Å²) in [7, 11) is 0. The summed E-state index contributed by atoms with van der Waals surface area (Å²) in [5, 5.41) is 2.96. The van der Waals surface area contributed by atoms with Gasteiger partial charge >= 0.3 is 0 Å². The molecule has 1 aromatic heterocycles. The highest BCUT2D eigenvalue weighted by molar-refractivity contribution is 6.36. The van der Waals surface area contributed by atoms with Crippen molar-refractivity contribution in [3.8, 4) is 0 Å². The summed E-state index contributed by atoms with van der Waals surface area (Å²) in [5.74, 6) is -1.16. The van der Waals surface area contributed by atoms with Gasteiger partial charge in [0, 0.05) is 11.9 Å². The number of amides is 3. The molecule has 2 aromatic rings. The molecular weight excluding hydrogens is 366 g/mol. The van der Waals surface area contributed by atoms with Crippen molar-refractivity contribution in [1.82, 2.24) is 4.98 Å². The van der Waals surface area contributed by atoms with Crippen molar-refractivity contribution in [2.45, 2.75) is 25.7 Å². The number of imide groups is 1. The van der Waals surface area contributed by atoms with Crippen molar-refractivity contribution in [1.29, 1.82) is 0 Å². The molecule has 2 atom stereocenters. The van der Waals surface area contributed by atoms with Crippen molar-refractivity contribution in [2.24, 2.45) is 11.8 Å². The first-order chi connectivity index (χ1) is 13.1. The number of nitrogens with zero attached hydrogens (tertiary/aromatic N) is 2. The van der Waals surface area contributed by atoms with Crippen molar-refractivity contribution in [3.05, 3.63) is 53.3 Å². The van der Waals surface area contributed by atoms with E-state index in [0.29, 0.717) is 11.4 Å². The second-order valence-electron chi connectivity index (χ2n) is 6.84. The highest BCUT2D eigenvalue weighted by Gasteiger charge is 2.49. The molecule has 1 saturated carbocycles. The molecule has 7 heteroatoms. The highest BCUT2D eigenvalue weighted by atomic mass is 35.5. The quantitative estimate of drug-likeness (QED) is 0.820. The van der Waals surface area contributed by atoms with Crippen LogP contribution in [0.4, 0.5) is 11.4 Å². The maximum Gasteiger partial charge on any atom is 0.274 e. The SMILES string of the molecule is O=C(Nc1ccc(N2C(=O)C3CCCC[C@@H]3C2=O)c(Cl)c1)c1ccccn1. The van der Waals surface area contributed by atoms with Crippen molar-refractivity contribution in [3.63, 3.8) is 0 Å². The Morgan fingerprint density at radius 3 is 2.37 bits per heavy atom. The number of anilines is 2. The van der Waals surface area contributed by atoms with Gasteiger partial charge in [0.2, 0.25) is 11.8 Å². The largest absolute Gasteiger partial charge is 0.321 e. The van der Waals surface area contributed by atoms with E-state index in [1.165, 1.54) is 11.1 Å². The van der Waals surface area contributed by atoms with Gasteiger partial charge in [-0.3, -0.25) is 19.4 Å². The first-order valence-corrected chi connectivity index (χ1v) is 9.34. The van der Waals surface area contributed by atoms with Crippen LogP contribution in [-0.4, -0.2) is 22.7 Å². The molecule has 27 heavy (non-hydrogen) atoms. The van der Waals surface area contributed by atoms with Gasteiger partial charge in [0.05, 0.1) is 22.5 Å². The van der Waals surface area contributed by atoms with E-state index in [4.69, 9.17) is 11.6 Å². The molecule has 1 saturated heterocycles. The lowest BCUT2D eigenvalue weighted by molar-refractivity contribution is -0.122. The number of carbonyl (C=O) groups is 3. The van der Waals surface area contributed by atoms with Crippen molar-refractivity contribution >= 4 is 40.7 Å². The Kier molecular flexibility index (Phi) is 4.66. The topological polar surface area (TPSA) is 79.4 Å². The summed E-state index contributed by atoms with van der Waals surface area (Å²) in [6.45, 7) is 0. The van der Waals surface area contributed by atoms with Gasteiger partial charge in [-0.2, -0.15) is 0 Å². The fourth-order valence-corrected chi connectivity index (χ4v) is 4.12. The Bertz CT molecular complexity index is 892. The van der Waals surface area contributed by atoms with E-state index in [1.807, 2.05) is 0 Å².